The molecule has 1 unspecified atom stereocenters. The summed E-state index contributed by atoms with van der Waals surface area (Å²) < 4.78 is 5.94. The smallest absolute Gasteiger partial charge is 0.226 e. The van der Waals surface area contributed by atoms with Crippen molar-refractivity contribution in [3.8, 4) is 5.75 Å². The van der Waals surface area contributed by atoms with Crippen LogP contribution in [0.1, 0.15) is 29.3 Å². The van der Waals surface area contributed by atoms with Crippen LogP contribution in [-0.4, -0.2) is 23.1 Å². The Morgan fingerprint density at radius 1 is 1.12 bits per heavy atom. The van der Waals surface area contributed by atoms with Gasteiger partial charge in [0.15, 0.2) is 0 Å². The number of nitrogens with zero attached hydrogens (tertiary/aromatic N) is 1. The van der Waals surface area contributed by atoms with Gasteiger partial charge < -0.3 is 9.64 Å². The Kier molecular flexibility index (Phi) is 4.48. The number of thioether (sulfide) groups is 1. The second-order valence-corrected chi connectivity index (χ2v) is 7.56. The molecule has 0 bridgehead atoms. The predicted molar refractivity (Wildman–Crippen MR) is 96.9 cm³/mol. The quantitative estimate of drug-likeness (QED) is 0.815. The highest BCUT2D eigenvalue weighted by Gasteiger charge is 2.39. The van der Waals surface area contributed by atoms with E-state index in [-0.39, 0.29) is 11.3 Å². The van der Waals surface area contributed by atoms with Crippen LogP contribution in [0.5, 0.6) is 5.75 Å². The van der Waals surface area contributed by atoms with Crippen LogP contribution in [-0.2, 0) is 11.4 Å². The summed E-state index contributed by atoms with van der Waals surface area (Å²) in [6.07, 6.45) is 2.12. The fourth-order valence-electron chi connectivity index (χ4n) is 3.04. The highest BCUT2D eigenvalue weighted by Crippen LogP contribution is 2.42. The lowest BCUT2D eigenvalue weighted by Crippen LogP contribution is -2.31. The lowest BCUT2D eigenvalue weighted by Gasteiger charge is -2.24. The predicted octanol–water partition coefficient (Wildman–Crippen LogP) is 4.25. The van der Waals surface area contributed by atoms with Crippen LogP contribution in [0.25, 0.3) is 0 Å². The molecule has 4 heteroatoms. The number of hydrogen-bond acceptors (Lipinski definition) is 3. The summed E-state index contributed by atoms with van der Waals surface area (Å²) in [5, 5.41) is 0.137. The molecule has 124 valence electrons. The zero-order chi connectivity index (χ0) is 16.4. The molecule has 1 saturated heterocycles. The molecule has 24 heavy (non-hydrogen) atoms. The fraction of sp³-hybridized carbons (Fsp3) is 0.350. The summed E-state index contributed by atoms with van der Waals surface area (Å²) in [6, 6.07) is 18.4. The van der Waals surface area contributed by atoms with Gasteiger partial charge in [-0.15, -0.1) is 11.8 Å². The minimum absolute atomic E-state index is 0.137. The molecular weight excluding hydrogens is 318 g/mol. The summed E-state index contributed by atoms with van der Waals surface area (Å²) in [4.78, 5) is 14.5. The highest BCUT2D eigenvalue weighted by molar-refractivity contribution is 7.99. The Bertz CT molecular complexity index is 715. The maximum atomic E-state index is 12.5. The van der Waals surface area contributed by atoms with Gasteiger partial charge in [-0.2, -0.15) is 0 Å². The van der Waals surface area contributed by atoms with E-state index in [4.69, 9.17) is 4.74 Å². The van der Waals surface area contributed by atoms with Gasteiger partial charge >= 0.3 is 0 Å². The van der Waals surface area contributed by atoms with Gasteiger partial charge in [0.1, 0.15) is 17.7 Å². The molecule has 0 N–H and O–H groups in total. The Morgan fingerprint density at radius 3 is 2.75 bits per heavy atom. The third-order valence-corrected chi connectivity index (χ3v) is 5.75. The number of ether oxygens (including phenoxy) is 1. The van der Waals surface area contributed by atoms with Crippen LogP contribution in [0.3, 0.4) is 0 Å². The van der Waals surface area contributed by atoms with E-state index in [1.807, 2.05) is 42.1 Å². The number of hydrogen-bond donors (Lipinski definition) is 0. The van der Waals surface area contributed by atoms with Crippen LogP contribution in [0.4, 0.5) is 0 Å². The first-order chi connectivity index (χ1) is 11.8. The van der Waals surface area contributed by atoms with Gasteiger partial charge in [-0.3, -0.25) is 4.79 Å². The van der Waals surface area contributed by atoms with Crippen LogP contribution in [0.15, 0.2) is 54.6 Å². The van der Waals surface area contributed by atoms with E-state index >= 15 is 0 Å². The number of carbonyl (C=O) groups is 1. The van der Waals surface area contributed by atoms with Gasteiger partial charge in [-0.25, -0.2) is 0 Å². The Balaban J connectivity index is 1.46. The summed E-state index contributed by atoms with van der Waals surface area (Å²) >= 11 is 1.85. The summed E-state index contributed by atoms with van der Waals surface area (Å²) in [7, 11) is 0. The molecule has 1 heterocycles. The second-order valence-electron chi connectivity index (χ2n) is 6.38. The van der Waals surface area contributed by atoms with Crippen LogP contribution >= 0.6 is 11.8 Å². The Morgan fingerprint density at radius 2 is 1.96 bits per heavy atom. The van der Waals surface area contributed by atoms with Crippen molar-refractivity contribution in [1.29, 1.82) is 0 Å². The van der Waals surface area contributed by atoms with E-state index in [2.05, 4.69) is 29.2 Å². The second kappa shape index (κ2) is 6.89. The van der Waals surface area contributed by atoms with Gasteiger partial charge in [0, 0.05) is 18.2 Å². The molecule has 1 atom stereocenters. The average molecular weight is 339 g/mol. The molecule has 3 nitrogen and oxygen atoms in total. The van der Waals surface area contributed by atoms with Gasteiger partial charge in [-0.05, 0) is 36.1 Å². The molecule has 2 aromatic carbocycles. The monoisotopic (exact) mass is 339 g/mol. The van der Waals surface area contributed by atoms with Crippen molar-refractivity contribution in [3.05, 3.63) is 65.7 Å². The van der Waals surface area contributed by atoms with Gasteiger partial charge in [0.25, 0.3) is 0 Å². The van der Waals surface area contributed by atoms with E-state index in [0.29, 0.717) is 12.5 Å². The molecule has 2 aliphatic rings. The standard InChI is InChI=1S/C20H21NO2S/c22-19(16-9-10-16)21-11-12-24-20(21)17-7-4-8-18(13-17)23-14-15-5-2-1-3-6-15/h1-8,13,16,20H,9-12,14H2. The van der Waals surface area contributed by atoms with Crippen molar-refractivity contribution in [2.45, 2.75) is 24.8 Å². The lowest BCUT2D eigenvalue weighted by molar-refractivity contribution is -0.132. The SMILES string of the molecule is O=C(C1CC1)N1CCSC1c1cccc(OCc2ccccc2)c1. The molecule has 2 aromatic rings. The molecule has 2 fully saturated rings. The maximum Gasteiger partial charge on any atom is 0.226 e. The van der Waals surface area contributed by atoms with Crippen molar-refractivity contribution in [3.63, 3.8) is 0 Å². The van der Waals surface area contributed by atoms with Crippen molar-refractivity contribution in [2.75, 3.05) is 12.3 Å². The van der Waals surface area contributed by atoms with Crippen molar-refractivity contribution in [1.82, 2.24) is 4.90 Å². The van der Waals surface area contributed by atoms with E-state index in [1.165, 1.54) is 0 Å². The van der Waals surface area contributed by atoms with Crippen LogP contribution < -0.4 is 4.74 Å². The summed E-state index contributed by atoms with van der Waals surface area (Å²) in [5.41, 5.74) is 2.32. The highest BCUT2D eigenvalue weighted by atomic mass is 32.2. The molecule has 1 aliphatic carbocycles. The molecule has 1 aliphatic heterocycles. The van der Waals surface area contributed by atoms with E-state index in [0.717, 1.165) is 42.0 Å². The number of carbonyl (C=O) groups excluding carboxylic acids is 1. The first-order valence-corrected chi connectivity index (χ1v) is 9.55. The van der Waals surface area contributed by atoms with E-state index < -0.39 is 0 Å². The molecule has 0 radical (unpaired) electrons. The largest absolute Gasteiger partial charge is 0.489 e. The van der Waals surface area contributed by atoms with Crippen LogP contribution in [0.2, 0.25) is 0 Å². The lowest BCUT2D eigenvalue weighted by atomic mass is 10.2. The zero-order valence-corrected chi connectivity index (χ0v) is 14.4. The minimum atomic E-state index is 0.137. The first-order valence-electron chi connectivity index (χ1n) is 8.50. The van der Waals surface area contributed by atoms with Crippen molar-refractivity contribution >= 4 is 17.7 Å². The molecule has 1 saturated carbocycles. The molecule has 1 amide bonds. The Labute approximate surface area is 147 Å². The number of rotatable bonds is 5. The normalized spacial score (nSPS) is 20.2. The summed E-state index contributed by atoms with van der Waals surface area (Å²) in [6.45, 7) is 1.42. The van der Waals surface area contributed by atoms with Gasteiger partial charge in [-0.1, -0.05) is 42.5 Å². The van der Waals surface area contributed by atoms with E-state index in [9.17, 15) is 4.79 Å². The zero-order valence-electron chi connectivity index (χ0n) is 13.6. The van der Waals surface area contributed by atoms with Gasteiger partial charge in [0.2, 0.25) is 5.91 Å². The molecule has 0 aromatic heterocycles. The third kappa shape index (κ3) is 3.44. The maximum absolute atomic E-state index is 12.5. The summed E-state index contributed by atoms with van der Waals surface area (Å²) in [5.74, 6) is 2.49. The van der Waals surface area contributed by atoms with Crippen LogP contribution in [0, 0.1) is 5.92 Å². The fourth-order valence-corrected chi connectivity index (χ4v) is 4.29. The third-order valence-electron chi connectivity index (χ3n) is 4.49. The number of amides is 1. The number of benzene rings is 2. The van der Waals surface area contributed by atoms with Gasteiger partial charge in [0.05, 0.1) is 0 Å². The minimum Gasteiger partial charge on any atom is -0.489 e. The van der Waals surface area contributed by atoms with E-state index in [1.54, 1.807) is 0 Å². The first kappa shape index (κ1) is 15.6. The molecule has 4 rings (SSSR count). The Hall–Kier alpha value is -1.94. The molecule has 0 spiro atoms. The molecular formula is C20H21NO2S. The topological polar surface area (TPSA) is 29.5 Å². The van der Waals surface area contributed by atoms with Crippen molar-refractivity contribution in [2.24, 2.45) is 5.92 Å². The van der Waals surface area contributed by atoms with Crippen molar-refractivity contribution < 1.29 is 9.53 Å². The average Bonchev–Trinajstić information content (AvgIpc) is 3.37.